The van der Waals surface area contributed by atoms with E-state index in [-0.39, 0.29) is 5.78 Å². The van der Waals surface area contributed by atoms with E-state index in [2.05, 4.69) is 0 Å². The van der Waals surface area contributed by atoms with Gasteiger partial charge in [0.25, 0.3) is 0 Å². The predicted octanol–water partition coefficient (Wildman–Crippen LogP) is 4.89. The third-order valence-corrected chi connectivity index (χ3v) is 4.30. The number of allylic oxidation sites excluding steroid dienone is 1. The molecule has 0 aromatic heterocycles. The van der Waals surface area contributed by atoms with Crippen molar-refractivity contribution in [2.75, 3.05) is 7.11 Å². The van der Waals surface area contributed by atoms with E-state index in [1.54, 1.807) is 31.4 Å². The Hall–Kier alpha value is -3.53. The second-order valence-corrected chi connectivity index (χ2v) is 6.15. The fourth-order valence-corrected chi connectivity index (χ4v) is 2.85. The first-order valence-electron chi connectivity index (χ1n) is 8.62. The molecule has 27 heavy (non-hydrogen) atoms. The standard InChI is InChI=1S/C23H18O4/c1-25-18-9-7-16(8-10-18)13-22-23(24)20-12-11-19(14-21(20)27-22)26-15-17-5-3-2-4-6-17/h2-14H,15H2,1H3/b22-13-. The number of fused-ring (bicyclic) bond motifs is 1. The largest absolute Gasteiger partial charge is 0.497 e. The van der Waals surface area contributed by atoms with Gasteiger partial charge in [0.2, 0.25) is 5.78 Å². The van der Waals surface area contributed by atoms with E-state index >= 15 is 0 Å². The first-order valence-corrected chi connectivity index (χ1v) is 8.62. The Kier molecular flexibility index (Phi) is 4.62. The van der Waals surface area contributed by atoms with Crippen molar-refractivity contribution in [2.45, 2.75) is 6.61 Å². The number of methoxy groups -OCH3 is 1. The van der Waals surface area contributed by atoms with Crippen molar-refractivity contribution in [3.05, 3.63) is 95.2 Å². The fourth-order valence-electron chi connectivity index (χ4n) is 2.85. The van der Waals surface area contributed by atoms with Gasteiger partial charge in [-0.05, 0) is 41.5 Å². The maximum atomic E-state index is 12.6. The van der Waals surface area contributed by atoms with E-state index in [0.29, 0.717) is 29.4 Å². The average molecular weight is 358 g/mol. The zero-order valence-electron chi connectivity index (χ0n) is 14.8. The number of hydrogen-bond acceptors (Lipinski definition) is 4. The van der Waals surface area contributed by atoms with Gasteiger partial charge in [-0.2, -0.15) is 0 Å². The van der Waals surface area contributed by atoms with Crippen molar-refractivity contribution in [2.24, 2.45) is 0 Å². The van der Waals surface area contributed by atoms with Crippen LogP contribution in [0.1, 0.15) is 21.5 Å². The predicted molar refractivity (Wildman–Crippen MR) is 103 cm³/mol. The van der Waals surface area contributed by atoms with Crippen LogP contribution in [0.25, 0.3) is 6.08 Å². The summed E-state index contributed by atoms with van der Waals surface area (Å²) in [6.07, 6.45) is 1.73. The van der Waals surface area contributed by atoms with Gasteiger partial charge in [0.1, 0.15) is 23.9 Å². The van der Waals surface area contributed by atoms with Gasteiger partial charge in [0, 0.05) is 6.07 Å². The van der Waals surface area contributed by atoms with Gasteiger partial charge in [-0.3, -0.25) is 4.79 Å². The van der Waals surface area contributed by atoms with Crippen molar-refractivity contribution >= 4 is 11.9 Å². The average Bonchev–Trinajstić information content (AvgIpc) is 3.02. The van der Waals surface area contributed by atoms with Crippen LogP contribution in [0.5, 0.6) is 17.2 Å². The third-order valence-electron chi connectivity index (χ3n) is 4.30. The van der Waals surface area contributed by atoms with Crippen LogP contribution in [0.4, 0.5) is 0 Å². The second-order valence-electron chi connectivity index (χ2n) is 6.15. The molecule has 0 atom stereocenters. The summed E-state index contributed by atoms with van der Waals surface area (Å²) < 4.78 is 16.7. The number of rotatable bonds is 5. The zero-order valence-corrected chi connectivity index (χ0v) is 14.8. The van der Waals surface area contributed by atoms with Crippen molar-refractivity contribution < 1.29 is 19.0 Å². The third kappa shape index (κ3) is 3.70. The molecule has 0 spiro atoms. The van der Waals surface area contributed by atoms with Gasteiger partial charge in [0.05, 0.1) is 12.7 Å². The summed E-state index contributed by atoms with van der Waals surface area (Å²) in [5.41, 5.74) is 2.49. The van der Waals surface area contributed by atoms with Crippen LogP contribution < -0.4 is 14.2 Å². The van der Waals surface area contributed by atoms with Gasteiger partial charge in [0.15, 0.2) is 5.76 Å². The fraction of sp³-hybridized carbons (Fsp3) is 0.0870. The molecule has 0 unspecified atom stereocenters. The van der Waals surface area contributed by atoms with Crippen LogP contribution >= 0.6 is 0 Å². The smallest absolute Gasteiger partial charge is 0.231 e. The lowest BCUT2D eigenvalue weighted by Crippen LogP contribution is -1.98. The Morgan fingerprint density at radius 1 is 0.926 bits per heavy atom. The molecule has 1 heterocycles. The SMILES string of the molecule is COc1ccc(/C=C2\Oc3cc(OCc4ccccc4)ccc3C2=O)cc1. The molecule has 0 saturated heterocycles. The summed E-state index contributed by atoms with van der Waals surface area (Å²) in [6, 6.07) is 22.6. The van der Waals surface area contributed by atoms with E-state index in [0.717, 1.165) is 16.9 Å². The molecule has 4 nitrogen and oxygen atoms in total. The Morgan fingerprint density at radius 2 is 1.67 bits per heavy atom. The molecule has 3 aromatic carbocycles. The van der Waals surface area contributed by atoms with Gasteiger partial charge >= 0.3 is 0 Å². The van der Waals surface area contributed by atoms with Gasteiger partial charge in [-0.25, -0.2) is 0 Å². The summed E-state index contributed by atoms with van der Waals surface area (Å²) in [6.45, 7) is 0.460. The number of ketones is 1. The molecule has 3 aromatic rings. The molecule has 0 radical (unpaired) electrons. The maximum absolute atomic E-state index is 12.6. The Balaban J connectivity index is 1.50. The Labute approximate surface area is 157 Å². The minimum absolute atomic E-state index is 0.129. The number of hydrogen-bond donors (Lipinski definition) is 0. The maximum Gasteiger partial charge on any atom is 0.231 e. The summed E-state index contributed by atoms with van der Waals surface area (Å²) in [4.78, 5) is 12.6. The highest BCUT2D eigenvalue weighted by Gasteiger charge is 2.27. The number of Topliss-reactive ketones (excluding diaryl/α,β-unsaturated/α-hetero) is 1. The molecule has 0 fully saturated rings. The molecule has 0 saturated carbocycles. The van der Waals surface area contributed by atoms with E-state index in [1.807, 2.05) is 54.6 Å². The lowest BCUT2D eigenvalue weighted by Gasteiger charge is -2.07. The van der Waals surface area contributed by atoms with E-state index in [9.17, 15) is 4.79 Å². The number of carbonyl (C=O) groups is 1. The molecule has 134 valence electrons. The summed E-state index contributed by atoms with van der Waals surface area (Å²) >= 11 is 0. The Morgan fingerprint density at radius 3 is 2.41 bits per heavy atom. The molecule has 0 N–H and O–H groups in total. The van der Waals surface area contributed by atoms with E-state index in [1.165, 1.54) is 0 Å². The van der Waals surface area contributed by atoms with Crippen LogP contribution in [-0.4, -0.2) is 12.9 Å². The van der Waals surface area contributed by atoms with Crippen LogP contribution in [0.3, 0.4) is 0 Å². The summed E-state index contributed by atoms with van der Waals surface area (Å²) in [7, 11) is 1.62. The summed E-state index contributed by atoms with van der Waals surface area (Å²) in [5.74, 6) is 2.12. The Bertz CT molecular complexity index is 989. The van der Waals surface area contributed by atoms with Crippen molar-refractivity contribution in [3.8, 4) is 17.2 Å². The highest BCUT2D eigenvalue weighted by atomic mass is 16.5. The quantitative estimate of drug-likeness (QED) is 0.609. The molecule has 4 heteroatoms. The number of carbonyl (C=O) groups excluding carboxylic acids is 1. The molecular weight excluding hydrogens is 340 g/mol. The number of ether oxygens (including phenoxy) is 3. The molecule has 1 aliphatic rings. The molecule has 0 aliphatic carbocycles. The lowest BCUT2D eigenvalue weighted by atomic mass is 10.1. The van der Waals surface area contributed by atoms with Crippen LogP contribution in [0, 0.1) is 0 Å². The first kappa shape index (κ1) is 16.9. The van der Waals surface area contributed by atoms with Gasteiger partial charge in [-0.1, -0.05) is 42.5 Å². The monoisotopic (exact) mass is 358 g/mol. The van der Waals surface area contributed by atoms with Crippen molar-refractivity contribution in [1.82, 2.24) is 0 Å². The van der Waals surface area contributed by atoms with Crippen molar-refractivity contribution in [1.29, 1.82) is 0 Å². The zero-order chi connectivity index (χ0) is 18.6. The van der Waals surface area contributed by atoms with Crippen LogP contribution in [0.15, 0.2) is 78.6 Å². The van der Waals surface area contributed by atoms with E-state index in [4.69, 9.17) is 14.2 Å². The van der Waals surface area contributed by atoms with Crippen molar-refractivity contribution in [3.63, 3.8) is 0 Å². The molecule has 0 bridgehead atoms. The van der Waals surface area contributed by atoms with E-state index < -0.39 is 0 Å². The molecule has 4 rings (SSSR count). The normalized spacial score (nSPS) is 14.0. The van der Waals surface area contributed by atoms with Gasteiger partial charge < -0.3 is 14.2 Å². The summed E-state index contributed by atoms with van der Waals surface area (Å²) in [5, 5.41) is 0. The highest BCUT2D eigenvalue weighted by molar-refractivity contribution is 6.14. The minimum atomic E-state index is -0.129. The van der Waals surface area contributed by atoms with Gasteiger partial charge in [-0.15, -0.1) is 0 Å². The molecule has 1 aliphatic heterocycles. The highest BCUT2D eigenvalue weighted by Crippen LogP contribution is 2.35. The second kappa shape index (κ2) is 7.38. The molecular formula is C23H18O4. The first-order chi connectivity index (χ1) is 13.2. The molecule has 0 amide bonds. The minimum Gasteiger partial charge on any atom is -0.497 e. The number of benzene rings is 3. The topological polar surface area (TPSA) is 44.8 Å². The van der Waals surface area contributed by atoms with Crippen LogP contribution in [-0.2, 0) is 6.61 Å². The lowest BCUT2D eigenvalue weighted by molar-refractivity contribution is 0.101. The van der Waals surface area contributed by atoms with Crippen LogP contribution in [0.2, 0.25) is 0 Å².